The molecule has 202 valence electrons. The number of amides is 1. The van der Waals surface area contributed by atoms with E-state index < -0.39 is 15.9 Å². The van der Waals surface area contributed by atoms with E-state index in [1.54, 1.807) is 32.2 Å². The fraction of sp³-hybridized carbons (Fsp3) is 0.333. The fourth-order valence-corrected chi connectivity index (χ4v) is 6.16. The maximum absolute atomic E-state index is 13.4. The van der Waals surface area contributed by atoms with E-state index in [-0.39, 0.29) is 30.3 Å². The number of methoxy groups -OCH3 is 1. The van der Waals surface area contributed by atoms with E-state index in [1.807, 2.05) is 33.7 Å². The molecule has 9 nitrogen and oxygen atoms in total. The number of primary amides is 1. The van der Waals surface area contributed by atoms with Crippen molar-refractivity contribution in [2.45, 2.75) is 24.8 Å². The molecule has 1 fully saturated rings. The van der Waals surface area contributed by atoms with E-state index in [4.69, 9.17) is 22.1 Å². The molecule has 0 bridgehead atoms. The molecule has 0 radical (unpaired) electrons. The predicted molar refractivity (Wildman–Crippen MR) is 145 cm³/mol. The lowest BCUT2D eigenvalue weighted by atomic mass is 10.1. The minimum absolute atomic E-state index is 0.110. The molecule has 3 aromatic rings. The average Bonchev–Trinajstić information content (AvgIpc) is 3.24. The van der Waals surface area contributed by atoms with E-state index in [1.165, 1.54) is 16.4 Å². The topological polar surface area (TPSA) is 115 Å². The molecule has 2 heterocycles. The molecule has 38 heavy (non-hydrogen) atoms. The van der Waals surface area contributed by atoms with Gasteiger partial charge in [-0.1, -0.05) is 23.7 Å². The molecular formula is C27H31ClN4O5S. The van der Waals surface area contributed by atoms with Crippen LogP contribution in [0.25, 0.3) is 0 Å². The lowest BCUT2D eigenvalue weighted by Gasteiger charge is -2.33. The zero-order chi connectivity index (χ0) is 27.4. The number of halogens is 1. The first-order valence-corrected chi connectivity index (χ1v) is 14.1. The molecule has 1 aliphatic heterocycles. The molecule has 1 saturated heterocycles. The van der Waals surface area contributed by atoms with Crippen LogP contribution in [0.3, 0.4) is 0 Å². The molecule has 2 N–H and O–H groups in total. The van der Waals surface area contributed by atoms with E-state index in [0.29, 0.717) is 48.0 Å². The molecule has 0 saturated carbocycles. The minimum Gasteiger partial charge on any atom is -0.497 e. The molecule has 1 aliphatic rings. The van der Waals surface area contributed by atoms with Crippen molar-refractivity contribution in [3.63, 3.8) is 0 Å². The van der Waals surface area contributed by atoms with Crippen LogP contribution in [0, 0.1) is 6.92 Å². The normalized spacial score (nSPS) is 14.9. The molecule has 2 aromatic carbocycles. The van der Waals surface area contributed by atoms with Crippen LogP contribution in [-0.4, -0.2) is 73.7 Å². The van der Waals surface area contributed by atoms with Gasteiger partial charge in [-0.2, -0.15) is 4.31 Å². The number of carbonyl (C=O) groups excluding carboxylic acids is 2. The summed E-state index contributed by atoms with van der Waals surface area (Å²) in [5.74, 6) is 0.0314. The smallest absolute Gasteiger partial charge is 0.250 e. The van der Waals surface area contributed by atoms with Gasteiger partial charge >= 0.3 is 0 Å². The summed E-state index contributed by atoms with van der Waals surface area (Å²) in [5.41, 5.74) is 8.03. The van der Waals surface area contributed by atoms with Gasteiger partial charge in [-0.3, -0.25) is 14.5 Å². The minimum atomic E-state index is -3.64. The number of ketones is 1. The highest BCUT2D eigenvalue weighted by Gasteiger charge is 2.30. The molecule has 1 aromatic heterocycles. The molecule has 0 spiro atoms. The third-order valence-electron chi connectivity index (χ3n) is 6.85. The van der Waals surface area contributed by atoms with Crippen molar-refractivity contribution in [1.82, 2.24) is 13.8 Å². The Labute approximate surface area is 227 Å². The summed E-state index contributed by atoms with van der Waals surface area (Å²) in [6.45, 7) is 3.74. The predicted octanol–water partition coefficient (Wildman–Crippen LogP) is 2.99. The van der Waals surface area contributed by atoms with Crippen molar-refractivity contribution < 1.29 is 22.7 Å². The van der Waals surface area contributed by atoms with Crippen LogP contribution in [0.5, 0.6) is 5.75 Å². The molecule has 4 rings (SSSR count). The summed E-state index contributed by atoms with van der Waals surface area (Å²) in [4.78, 5) is 27.5. The SMILES string of the molecule is COc1ccc(CCn2c(C(=O)CN3CCN(S(=O)(=O)c4ccc(Cl)cc4)CC3)cc(C(N)=O)c2C)cc1. The Morgan fingerprint density at radius 2 is 1.63 bits per heavy atom. The van der Waals surface area contributed by atoms with Crippen molar-refractivity contribution in [3.8, 4) is 5.75 Å². The summed E-state index contributed by atoms with van der Waals surface area (Å²) in [6, 6.07) is 15.3. The number of carbonyl (C=O) groups is 2. The van der Waals surface area contributed by atoms with Crippen LogP contribution in [0.2, 0.25) is 5.02 Å². The van der Waals surface area contributed by atoms with Gasteiger partial charge in [0.1, 0.15) is 5.75 Å². The van der Waals surface area contributed by atoms with Gasteiger partial charge < -0.3 is 15.0 Å². The lowest BCUT2D eigenvalue weighted by Crippen LogP contribution is -2.49. The Morgan fingerprint density at radius 1 is 1.00 bits per heavy atom. The number of aromatic nitrogens is 1. The number of nitrogens with two attached hydrogens (primary N) is 1. The van der Waals surface area contributed by atoms with Crippen molar-refractivity contribution in [1.29, 1.82) is 0 Å². The standard InChI is InChI=1S/C27H31ClN4O5S/c1-19-24(27(29)34)17-25(32(19)12-11-20-3-7-22(37-2)8-4-20)26(33)18-30-13-15-31(16-14-30)38(35,36)23-9-5-21(28)6-10-23/h3-10,17H,11-16,18H2,1-2H3,(H2,29,34). The number of benzene rings is 2. The van der Waals surface area contributed by atoms with Gasteiger partial charge in [0.15, 0.2) is 5.78 Å². The van der Waals surface area contributed by atoms with Gasteiger partial charge in [0, 0.05) is 43.4 Å². The van der Waals surface area contributed by atoms with Gasteiger partial charge in [0.2, 0.25) is 10.0 Å². The van der Waals surface area contributed by atoms with Crippen LogP contribution in [0.15, 0.2) is 59.5 Å². The monoisotopic (exact) mass is 558 g/mol. The summed E-state index contributed by atoms with van der Waals surface area (Å²) < 4.78 is 34.4. The first kappa shape index (κ1) is 27.8. The number of aryl methyl sites for hydroxylation is 1. The summed E-state index contributed by atoms with van der Waals surface area (Å²) in [7, 11) is -2.03. The van der Waals surface area contributed by atoms with Gasteiger partial charge in [-0.05, 0) is 61.4 Å². The Bertz CT molecular complexity index is 1410. The van der Waals surface area contributed by atoms with Crippen LogP contribution in [-0.2, 0) is 23.0 Å². The van der Waals surface area contributed by atoms with Crippen molar-refractivity contribution in [2.75, 3.05) is 39.8 Å². The molecule has 0 aliphatic carbocycles. The number of ether oxygens (including phenoxy) is 1. The third-order valence-corrected chi connectivity index (χ3v) is 9.02. The molecule has 11 heteroatoms. The van der Waals surface area contributed by atoms with E-state index >= 15 is 0 Å². The van der Waals surface area contributed by atoms with E-state index in [0.717, 1.165) is 11.3 Å². The molecular weight excluding hydrogens is 528 g/mol. The van der Waals surface area contributed by atoms with Crippen molar-refractivity contribution in [3.05, 3.63) is 82.1 Å². The van der Waals surface area contributed by atoms with Crippen LogP contribution in [0.4, 0.5) is 0 Å². The van der Waals surface area contributed by atoms with Gasteiger partial charge in [0.05, 0.1) is 29.8 Å². The maximum atomic E-state index is 13.4. The molecule has 0 atom stereocenters. The summed E-state index contributed by atoms with van der Waals surface area (Å²) in [5, 5.41) is 0.468. The van der Waals surface area contributed by atoms with Gasteiger partial charge in [0.25, 0.3) is 5.91 Å². The Kier molecular flexibility index (Phi) is 8.57. The Hall–Kier alpha value is -3.18. The number of nitrogens with zero attached hydrogens (tertiary/aromatic N) is 3. The number of hydrogen-bond donors (Lipinski definition) is 1. The largest absolute Gasteiger partial charge is 0.497 e. The van der Waals surface area contributed by atoms with Crippen molar-refractivity contribution in [2.24, 2.45) is 5.73 Å². The quantitative estimate of drug-likeness (QED) is 0.383. The summed E-state index contributed by atoms with van der Waals surface area (Å²) >= 11 is 5.89. The fourth-order valence-electron chi connectivity index (χ4n) is 4.61. The highest BCUT2D eigenvalue weighted by Crippen LogP contribution is 2.22. The van der Waals surface area contributed by atoms with Gasteiger partial charge in [-0.25, -0.2) is 8.42 Å². The van der Waals surface area contributed by atoms with E-state index in [9.17, 15) is 18.0 Å². The zero-order valence-electron chi connectivity index (χ0n) is 21.4. The molecule has 0 unspecified atom stereocenters. The van der Waals surface area contributed by atoms with Gasteiger partial charge in [-0.15, -0.1) is 0 Å². The third kappa shape index (κ3) is 6.10. The Morgan fingerprint density at radius 3 is 2.21 bits per heavy atom. The van der Waals surface area contributed by atoms with E-state index in [2.05, 4.69) is 0 Å². The molecule has 1 amide bonds. The number of piperazine rings is 1. The Balaban J connectivity index is 1.43. The highest BCUT2D eigenvalue weighted by atomic mass is 35.5. The maximum Gasteiger partial charge on any atom is 0.250 e. The lowest BCUT2D eigenvalue weighted by molar-refractivity contribution is 0.0892. The summed E-state index contributed by atoms with van der Waals surface area (Å²) in [6.07, 6.45) is 0.652. The van der Waals surface area contributed by atoms with Crippen LogP contribution < -0.4 is 10.5 Å². The second-order valence-electron chi connectivity index (χ2n) is 9.20. The second-order valence-corrected chi connectivity index (χ2v) is 11.6. The first-order valence-electron chi connectivity index (χ1n) is 12.2. The second kappa shape index (κ2) is 11.7. The number of sulfonamides is 1. The number of hydrogen-bond acceptors (Lipinski definition) is 6. The first-order chi connectivity index (χ1) is 18.1. The number of rotatable bonds is 10. The highest BCUT2D eigenvalue weighted by molar-refractivity contribution is 7.89. The number of Topliss-reactive ketones (excluding diaryl/α,β-unsaturated/α-hetero) is 1. The zero-order valence-corrected chi connectivity index (χ0v) is 23.0. The van der Waals surface area contributed by atoms with Crippen LogP contribution >= 0.6 is 11.6 Å². The van der Waals surface area contributed by atoms with Crippen molar-refractivity contribution >= 4 is 33.3 Å². The van der Waals surface area contributed by atoms with Crippen LogP contribution in [0.1, 0.15) is 32.1 Å². The average molecular weight is 559 g/mol.